The van der Waals surface area contributed by atoms with Crippen molar-refractivity contribution in [1.82, 2.24) is 0 Å². The molecule has 0 atom stereocenters. The summed E-state index contributed by atoms with van der Waals surface area (Å²) in [6, 6.07) is 10.7. The fourth-order valence-corrected chi connectivity index (χ4v) is 2.29. The summed E-state index contributed by atoms with van der Waals surface area (Å²) < 4.78 is 44.9. The number of rotatable bonds is 2. The first-order chi connectivity index (χ1) is 11.4. The molecule has 24 heavy (non-hydrogen) atoms. The fraction of sp³-hybridized carbons (Fsp3) is 0.118. The third-order valence-corrected chi connectivity index (χ3v) is 3.48. The number of phenols is 1. The Bertz CT molecular complexity index is 842. The number of fused-ring (bicyclic) bond motifs is 1. The highest BCUT2D eigenvalue weighted by atomic mass is 19.4. The second-order valence-electron chi connectivity index (χ2n) is 5.08. The Hall–Kier alpha value is -2.96. The van der Waals surface area contributed by atoms with Crippen LogP contribution in [0.2, 0.25) is 0 Å². The third kappa shape index (κ3) is 3.05. The highest BCUT2D eigenvalue weighted by Crippen LogP contribution is 2.36. The van der Waals surface area contributed by atoms with E-state index in [9.17, 15) is 18.3 Å². The van der Waals surface area contributed by atoms with Crippen molar-refractivity contribution in [2.75, 3.05) is 12.4 Å². The zero-order valence-corrected chi connectivity index (χ0v) is 12.6. The van der Waals surface area contributed by atoms with Gasteiger partial charge in [-0.1, -0.05) is 12.1 Å². The van der Waals surface area contributed by atoms with Crippen LogP contribution in [0.4, 0.5) is 24.5 Å². The maximum Gasteiger partial charge on any atom is 0.431 e. The van der Waals surface area contributed by atoms with E-state index >= 15 is 0 Å². The number of halogens is 3. The van der Waals surface area contributed by atoms with E-state index < -0.39 is 11.9 Å². The van der Waals surface area contributed by atoms with Gasteiger partial charge >= 0.3 is 6.18 Å². The predicted octanol–water partition coefficient (Wildman–Crippen LogP) is 4.39. The van der Waals surface area contributed by atoms with Crippen molar-refractivity contribution in [3.63, 3.8) is 0 Å². The van der Waals surface area contributed by atoms with Gasteiger partial charge in [-0.15, -0.1) is 0 Å². The van der Waals surface area contributed by atoms with Gasteiger partial charge in [-0.05, 0) is 36.4 Å². The van der Waals surface area contributed by atoms with Crippen LogP contribution in [-0.2, 0) is 0 Å². The van der Waals surface area contributed by atoms with Gasteiger partial charge in [0.1, 0.15) is 17.2 Å². The van der Waals surface area contributed by atoms with Crippen LogP contribution in [-0.4, -0.2) is 24.1 Å². The first kappa shape index (κ1) is 15.9. The van der Waals surface area contributed by atoms with Crippen molar-refractivity contribution in [3.8, 4) is 11.5 Å². The monoisotopic (exact) mass is 334 g/mol. The second kappa shape index (κ2) is 5.92. The molecular formula is C17H13F3N2O2. The highest BCUT2D eigenvalue weighted by Gasteiger charge is 2.35. The van der Waals surface area contributed by atoms with E-state index in [1.807, 2.05) is 0 Å². The molecule has 1 aliphatic heterocycles. The Morgan fingerprint density at radius 2 is 1.88 bits per heavy atom. The molecule has 0 bridgehead atoms. The number of para-hydroxylation sites is 2. The predicted molar refractivity (Wildman–Crippen MR) is 85.1 cm³/mol. The summed E-state index contributed by atoms with van der Waals surface area (Å²) in [5.74, 6) is 0.213. The number of phenolic OH excluding ortho intramolecular Hbond substituents is 1. The van der Waals surface area contributed by atoms with Crippen LogP contribution in [0.5, 0.6) is 11.5 Å². The Morgan fingerprint density at radius 1 is 1.12 bits per heavy atom. The molecule has 2 N–H and O–H groups in total. The number of nitrogens with zero attached hydrogens (tertiary/aromatic N) is 1. The molecule has 2 aromatic carbocycles. The van der Waals surface area contributed by atoms with Crippen LogP contribution >= 0.6 is 0 Å². The number of ether oxygens (including phenoxy) is 1. The van der Waals surface area contributed by atoms with E-state index in [-0.39, 0.29) is 22.7 Å². The van der Waals surface area contributed by atoms with E-state index in [1.54, 1.807) is 18.2 Å². The average Bonchev–Trinajstić information content (AvgIpc) is 2.74. The molecular weight excluding hydrogens is 321 g/mol. The van der Waals surface area contributed by atoms with Crippen molar-refractivity contribution < 1.29 is 23.0 Å². The normalized spacial score (nSPS) is 14.0. The molecule has 0 amide bonds. The molecule has 1 heterocycles. The molecule has 0 aliphatic carbocycles. The fourth-order valence-electron chi connectivity index (χ4n) is 2.29. The lowest BCUT2D eigenvalue weighted by atomic mass is 10.1. The van der Waals surface area contributed by atoms with Crippen molar-refractivity contribution in [3.05, 3.63) is 59.8 Å². The summed E-state index contributed by atoms with van der Waals surface area (Å²) in [7, 11) is 1.43. The molecule has 7 heteroatoms. The van der Waals surface area contributed by atoms with Crippen LogP contribution in [0.15, 0.2) is 59.2 Å². The van der Waals surface area contributed by atoms with Crippen molar-refractivity contribution in [2.45, 2.75) is 6.18 Å². The van der Waals surface area contributed by atoms with E-state index in [0.29, 0.717) is 11.4 Å². The van der Waals surface area contributed by atoms with E-state index in [4.69, 9.17) is 4.74 Å². The van der Waals surface area contributed by atoms with E-state index in [1.165, 1.54) is 31.4 Å². The average molecular weight is 334 g/mol. The summed E-state index contributed by atoms with van der Waals surface area (Å²) in [5, 5.41) is 12.4. The first-order valence-electron chi connectivity index (χ1n) is 6.99. The van der Waals surface area contributed by atoms with Gasteiger partial charge in [-0.25, -0.2) is 4.99 Å². The summed E-state index contributed by atoms with van der Waals surface area (Å²) in [4.78, 5) is 4.27. The van der Waals surface area contributed by atoms with E-state index in [0.717, 1.165) is 6.08 Å². The van der Waals surface area contributed by atoms with Crippen LogP contribution in [0.25, 0.3) is 0 Å². The largest absolute Gasteiger partial charge is 0.507 e. The SMILES string of the molecule is COc1ccc(O)c(C2=Nc3ccccc3NC(C(F)(F)F)=C2)c1. The summed E-state index contributed by atoms with van der Waals surface area (Å²) in [6.07, 6.45) is -3.72. The van der Waals surface area contributed by atoms with Crippen LogP contribution in [0.3, 0.4) is 0 Å². The van der Waals surface area contributed by atoms with Gasteiger partial charge in [-0.3, -0.25) is 0 Å². The van der Waals surface area contributed by atoms with Gasteiger partial charge in [-0.2, -0.15) is 13.2 Å². The zero-order chi connectivity index (χ0) is 17.3. The molecule has 4 nitrogen and oxygen atoms in total. The maximum atomic E-state index is 13.3. The number of allylic oxidation sites excluding steroid dienone is 2. The van der Waals surface area contributed by atoms with Gasteiger partial charge in [0.2, 0.25) is 0 Å². The van der Waals surface area contributed by atoms with Crippen LogP contribution in [0.1, 0.15) is 5.56 Å². The highest BCUT2D eigenvalue weighted by molar-refractivity contribution is 6.13. The minimum atomic E-state index is -4.59. The number of alkyl halides is 3. The lowest BCUT2D eigenvalue weighted by Crippen LogP contribution is -2.19. The lowest BCUT2D eigenvalue weighted by Gasteiger charge is -2.13. The van der Waals surface area contributed by atoms with Crippen LogP contribution < -0.4 is 10.1 Å². The minimum absolute atomic E-state index is 0.0174. The molecule has 0 radical (unpaired) electrons. The summed E-state index contributed by atoms with van der Waals surface area (Å²) in [5.41, 5.74) is -0.261. The molecule has 2 aromatic rings. The maximum absolute atomic E-state index is 13.3. The summed E-state index contributed by atoms with van der Waals surface area (Å²) in [6.45, 7) is 0. The standard InChI is InChI=1S/C17H13F3N2O2/c1-24-10-6-7-15(23)11(8-10)14-9-16(17(18,19)20)22-13-5-3-2-4-12(13)21-14/h2-9,22-23H,1H3. The van der Waals surface area contributed by atoms with Gasteiger partial charge in [0.15, 0.2) is 0 Å². The molecule has 0 aromatic heterocycles. The minimum Gasteiger partial charge on any atom is -0.507 e. The number of aliphatic imine (C=N–C) groups is 1. The molecule has 0 saturated heterocycles. The van der Waals surface area contributed by atoms with Crippen molar-refractivity contribution in [1.29, 1.82) is 0 Å². The van der Waals surface area contributed by atoms with Gasteiger partial charge in [0.25, 0.3) is 0 Å². The second-order valence-corrected chi connectivity index (χ2v) is 5.08. The summed E-state index contributed by atoms with van der Waals surface area (Å²) >= 11 is 0. The lowest BCUT2D eigenvalue weighted by molar-refractivity contribution is -0.0901. The molecule has 124 valence electrons. The van der Waals surface area contributed by atoms with Gasteiger partial charge in [0.05, 0.1) is 24.2 Å². The van der Waals surface area contributed by atoms with Crippen molar-refractivity contribution in [2.24, 2.45) is 4.99 Å². The molecule has 0 spiro atoms. The molecule has 0 saturated carbocycles. The number of hydrogen-bond acceptors (Lipinski definition) is 4. The first-order valence-corrected chi connectivity index (χ1v) is 6.99. The Morgan fingerprint density at radius 3 is 2.58 bits per heavy atom. The molecule has 1 aliphatic rings. The number of hydrogen-bond donors (Lipinski definition) is 2. The Labute approximate surface area is 135 Å². The molecule has 0 fully saturated rings. The molecule has 3 rings (SSSR count). The Balaban J connectivity index is 2.22. The molecule has 0 unspecified atom stereocenters. The van der Waals surface area contributed by atoms with E-state index in [2.05, 4.69) is 10.3 Å². The smallest absolute Gasteiger partial charge is 0.431 e. The number of benzene rings is 2. The zero-order valence-electron chi connectivity index (χ0n) is 12.6. The van der Waals surface area contributed by atoms with Crippen molar-refractivity contribution >= 4 is 17.1 Å². The number of anilines is 1. The van der Waals surface area contributed by atoms with Crippen LogP contribution in [0, 0.1) is 0 Å². The Kier molecular flexibility index (Phi) is 3.92. The third-order valence-electron chi connectivity index (χ3n) is 3.48. The number of aromatic hydroxyl groups is 1. The van der Waals surface area contributed by atoms with Gasteiger partial charge < -0.3 is 15.2 Å². The quantitative estimate of drug-likeness (QED) is 0.856. The van der Waals surface area contributed by atoms with Gasteiger partial charge in [0, 0.05) is 5.56 Å². The topological polar surface area (TPSA) is 53.9 Å². The number of methoxy groups -OCH3 is 1. The number of nitrogens with one attached hydrogen (secondary N) is 1.